The molecule has 7 heteroatoms. The van der Waals surface area contributed by atoms with Crippen molar-refractivity contribution < 1.29 is 34.0 Å². The third-order valence-electron chi connectivity index (χ3n) is 1.97. The molecule has 0 aliphatic heterocycles. The summed E-state index contributed by atoms with van der Waals surface area (Å²) in [5.41, 5.74) is -1.41. The van der Waals surface area contributed by atoms with E-state index in [0.717, 1.165) is 0 Å². The maximum atomic E-state index is 13.0. The average molecular weight is 210 g/mol. The first-order valence-corrected chi connectivity index (χ1v) is 3.66. The van der Waals surface area contributed by atoms with Crippen LogP contribution in [0.5, 0.6) is 0 Å². The molecular formula is C7H8F2O5. The molecule has 1 aliphatic carbocycles. The standard InChI is InChI=1S/C7H8F2O5/c8-7(9)2(6(13)14)1-3(10)4(11)5(7)12/h1,3-5,10-12H,(H,13,14)/t3-,4-,5+/m1/s1. The number of carboxylic acids is 1. The van der Waals surface area contributed by atoms with E-state index in [-0.39, 0.29) is 0 Å². The lowest BCUT2D eigenvalue weighted by Gasteiger charge is -2.33. The fourth-order valence-electron chi connectivity index (χ4n) is 1.15. The minimum Gasteiger partial charge on any atom is -0.478 e. The topological polar surface area (TPSA) is 98.0 Å². The number of aliphatic hydroxyl groups is 3. The Morgan fingerprint density at radius 1 is 1.36 bits per heavy atom. The van der Waals surface area contributed by atoms with E-state index in [1.165, 1.54) is 0 Å². The second-order valence-corrected chi connectivity index (χ2v) is 2.93. The molecule has 1 aliphatic rings. The molecule has 14 heavy (non-hydrogen) atoms. The van der Waals surface area contributed by atoms with Gasteiger partial charge in [0.2, 0.25) is 0 Å². The van der Waals surface area contributed by atoms with Crippen LogP contribution in [0.25, 0.3) is 0 Å². The Morgan fingerprint density at radius 2 is 1.86 bits per heavy atom. The van der Waals surface area contributed by atoms with Crippen LogP contribution in [0, 0.1) is 0 Å². The van der Waals surface area contributed by atoms with Crippen molar-refractivity contribution in [2.75, 3.05) is 0 Å². The molecule has 1 rings (SSSR count). The second-order valence-electron chi connectivity index (χ2n) is 2.93. The number of carbonyl (C=O) groups is 1. The van der Waals surface area contributed by atoms with Crippen LogP contribution >= 0.6 is 0 Å². The van der Waals surface area contributed by atoms with Gasteiger partial charge in [-0.2, -0.15) is 8.78 Å². The Balaban J connectivity index is 3.16. The van der Waals surface area contributed by atoms with Crippen molar-refractivity contribution >= 4 is 5.97 Å². The lowest BCUT2D eigenvalue weighted by atomic mass is 9.88. The van der Waals surface area contributed by atoms with Gasteiger partial charge < -0.3 is 20.4 Å². The quantitative estimate of drug-likeness (QED) is 0.432. The van der Waals surface area contributed by atoms with Crippen LogP contribution in [0.1, 0.15) is 0 Å². The number of rotatable bonds is 1. The third-order valence-corrected chi connectivity index (χ3v) is 1.97. The predicted octanol–water partition coefficient (Wildman–Crippen LogP) is -1.27. The van der Waals surface area contributed by atoms with Gasteiger partial charge in [-0.25, -0.2) is 4.79 Å². The molecule has 5 nitrogen and oxygen atoms in total. The highest BCUT2D eigenvalue weighted by Crippen LogP contribution is 2.35. The molecule has 0 radical (unpaired) electrons. The third kappa shape index (κ3) is 1.49. The van der Waals surface area contributed by atoms with Crippen molar-refractivity contribution in [1.82, 2.24) is 0 Å². The van der Waals surface area contributed by atoms with E-state index in [2.05, 4.69) is 0 Å². The van der Waals surface area contributed by atoms with Gasteiger partial charge in [0.1, 0.15) is 17.8 Å². The summed E-state index contributed by atoms with van der Waals surface area (Å²) in [4.78, 5) is 10.3. The van der Waals surface area contributed by atoms with Gasteiger partial charge in [-0.15, -0.1) is 0 Å². The number of hydrogen-bond donors (Lipinski definition) is 4. The molecule has 0 unspecified atom stereocenters. The second kappa shape index (κ2) is 3.26. The zero-order valence-electron chi connectivity index (χ0n) is 6.76. The lowest BCUT2D eigenvalue weighted by molar-refractivity contribution is -0.169. The van der Waals surface area contributed by atoms with E-state index in [1.54, 1.807) is 0 Å². The van der Waals surface area contributed by atoms with Crippen LogP contribution in [-0.4, -0.2) is 50.6 Å². The molecular weight excluding hydrogens is 202 g/mol. The Morgan fingerprint density at radius 3 is 2.29 bits per heavy atom. The summed E-state index contributed by atoms with van der Waals surface area (Å²) in [5, 5.41) is 35.0. The number of hydrogen-bond acceptors (Lipinski definition) is 4. The van der Waals surface area contributed by atoms with E-state index in [9.17, 15) is 13.6 Å². The number of carboxylic acid groups (broad SMARTS) is 1. The van der Waals surface area contributed by atoms with E-state index in [1.807, 2.05) is 0 Å². The van der Waals surface area contributed by atoms with E-state index in [4.69, 9.17) is 20.4 Å². The summed E-state index contributed by atoms with van der Waals surface area (Å²) >= 11 is 0. The van der Waals surface area contributed by atoms with E-state index in [0.29, 0.717) is 6.08 Å². The maximum Gasteiger partial charge on any atom is 0.337 e. The van der Waals surface area contributed by atoms with Crippen LogP contribution in [0.3, 0.4) is 0 Å². The first-order chi connectivity index (χ1) is 6.28. The van der Waals surface area contributed by atoms with Crippen LogP contribution < -0.4 is 0 Å². The molecule has 0 spiro atoms. The molecule has 0 aromatic heterocycles. The molecule has 0 bridgehead atoms. The highest BCUT2D eigenvalue weighted by Gasteiger charge is 2.53. The summed E-state index contributed by atoms with van der Waals surface area (Å²) in [6.45, 7) is 0. The highest BCUT2D eigenvalue weighted by molar-refractivity contribution is 5.89. The molecule has 0 aromatic rings. The highest BCUT2D eigenvalue weighted by atomic mass is 19.3. The Hall–Kier alpha value is -1.05. The monoisotopic (exact) mass is 210 g/mol. The van der Waals surface area contributed by atoms with Gasteiger partial charge in [-0.1, -0.05) is 0 Å². The number of aliphatic hydroxyl groups excluding tert-OH is 3. The molecule has 0 amide bonds. The SMILES string of the molecule is O=C(O)C1=C[C@@H](O)[C@@H](O)[C@H](O)C1(F)F. The van der Waals surface area contributed by atoms with Gasteiger partial charge in [0.15, 0.2) is 6.10 Å². The molecule has 0 aromatic carbocycles. The van der Waals surface area contributed by atoms with Crippen LogP contribution in [-0.2, 0) is 4.79 Å². The fourth-order valence-corrected chi connectivity index (χ4v) is 1.15. The molecule has 0 heterocycles. The first kappa shape index (κ1) is 11.0. The van der Waals surface area contributed by atoms with E-state index < -0.39 is 35.8 Å². The zero-order chi connectivity index (χ0) is 11.1. The van der Waals surface area contributed by atoms with Crippen molar-refractivity contribution in [1.29, 1.82) is 0 Å². The number of alkyl halides is 2. The van der Waals surface area contributed by atoms with Gasteiger partial charge >= 0.3 is 11.9 Å². The summed E-state index contributed by atoms with van der Waals surface area (Å²) in [6.07, 6.45) is -6.20. The zero-order valence-corrected chi connectivity index (χ0v) is 6.76. The first-order valence-electron chi connectivity index (χ1n) is 3.66. The predicted molar refractivity (Wildman–Crippen MR) is 38.7 cm³/mol. The number of halogens is 2. The largest absolute Gasteiger partial charge is 0.478 e. The smallest absolute Gasteiger partial charge is 0.337 e. The van der Waals surface area contributed by atoms with Crippen molar-refractivity contribution in [2.45, 2.75) is 24.2 Å². The molecule has 0 saturated heterocycles. The van der Waals surface area contributed by atoms with Crippen LogP contribution in [0.2, 0.25) is 0 Å². The summed E-state index contributed by atoms with van der Waals surface area (Å²) in [6, 6.07) is 0. The van der Waals surface area contributed by atoms with Crippen molar-refractivity contribution in [3.8, 4) is 0 Å². The van der Waals surface area contributed by atoms with Gasteiger partial charge in [0.05, 0.1) is 0 Å². The minimum absolute atomic E-state index is 0.319. The Labute approximate surface area is 76.9 Å². The minimum atomic E-state index is -4.06. The maximum absolute atomic E-state index is 13.0. The Kier molecular flexibility index (Phi) is 2.57. The van der Waals surface area contributed by atoms with Gasteiger partial charge in [-0.3, -0.25) is 0 Å². The van der Waals surface area contributed by atoms with Crippen LogP contribution in [0.15, 0.2) is 11.6 Å². The van der Waals surface area contributed by atoms with Crippen molar-refractivity contribution in [3.63, 3.8) is 0 Å². The normalized spacial score (nSPS) is 36.4. The summed E-state index contributed by atoms with van der Waals surface area (Å²) in [7, 11) is 0. The molecule has 3 atom stereocenters. The van der Waals surface area contributed by atoms with Gasteiger partial charge in [0, 0.05) is 0 Å². The molecule has 0 fully saturated rings. The summed E-state index contributed by atoms with van der Waals surface area (Å²) in [5.74, 6) is -6.01. The van der Waals surface area contributed by atoms with E-state index >= 15 is 0 Å². The summed E-state index contributed by atoms with van der Waals surface area (Å²) < 4.78 is 25.9. The van der Waals surface area contributed by atoms with Gasteiger partial charge in [0.25, 0.3) is 0 Å². The van der Waals surface area contributed by atoms with Crippen LogP contribution in [0.4, 0.5) is 8.78 Å². The molecule has 0 saturated carbocycles. The van der Waals surface area contributed by atoms with Gasteiger partial charge in [-0.05, 0) is 6.08 Å². The molecule has 80 valence electrons. The van der Waals surface area contributed by atoms with Crippen molar-refractivity contribution in [3.05, 3.63) is 11.6 Å². The van der Waals surface area contributed by atoms with Crippen molar-refractivity contribution in [2.24, 2.45) is 0 Å². The lowest BCUT2D eigenvalue weighted by Crippen LogP contribution is -2.53. The molecule has 4 N–H and O–H groups in total. The average Bonchev–Trinajstić information content (AvgIpc) is 2.08. The Bertz CT molecular complexity index is 288. The number of aliphatic carboxylic acids is 1. The fraction of sp³-hybridized carbons (Fsp3) is 0.571.